The van der Waals surface area contributed by atoms with Gasteiger partial charge in [0.1, 0.15) is 4.93 Å². The Morgan fingerprint density at radius 3 is 1.75 bits per heavy atom. The molecule has 0 aliphatic heterocycles. The van der Waals surface area contributed by atoms with E-state index in [1.807, 2.05) is 0 Å². The van der Waals surface area contributed by atoms with Crippen molar-refractivity contribution in [1.82, 2.24) is 0 Å². The van der Waals surface area contributed by atoms with Crippen molar-refractivity contribution in [1.29, 1.82) is 0 Å². The molecule has 0 rings (SSSR count). The zero-order chi connectivity index (χ0) is 6.08. The van der Waals surface area contributed by atoms with Gasteiger partial charge in [0, 0.05) is 0 Å². The van der Waals surface area contributed by atoms with Gasteiger partial charge < -0.3 is 9.66 Å². The van der Waals surface area contributed by atoms with Crippen LogP contribution in [0.25, 0.3) is 0 Å². The molecule has 0 saturated carbocycles. The van der Waals surface area contributed by atoms with Gasteiger partial charge in [-0.15, -0.1) is 0 Å². The molecule has 0 amide bonds. The molecular formula is C3H7NaO3S. The van der Waals surface area contributed by atoms with Crippen molar-refractivity contribution in [3.63, 3.8) is 0 Å². The van der Waals surface area contributed by atoms with Gasteiger partial charge in [-0.25, -0.2) is 0 Å². The van der Waals surface area contributed by atoms with Crippen molar-refractivity contribution in [3.05, 3.63) is 0 Å². The van der Waals surface area contributed by atoms with E-state index in [4.69, 9.17) is 5.11 Å². The summed E-state index contributed by atoms with van der Waals surface area (Å²) in [6.07, 6.45) is 0. The smallest absolute Gasteiger partial charge is 0.770 e. The van der Waals surface area contributed by atoms with Crippen molar-refractivity contribution in [2.75, 3.05) is 0 Å². The van der Waals surface area contributed by atoms with Crippen molar-refractivity contribution < 1.29 is 43.4 Å². The van der Waals surface area contributed by atoms with E-state index < -0.39 is 16.0 Å². The minimum Gasteiger partial charge on any atom is -0.770 e. The van der Waals surface area contributed by atoms with Gasteiger partial charge in [-0.05, 0) is 24.9 Å². The van der Waals surface area contributed by atoms with Crippen molar-refractivity contribution in [2.24, 2.45) is 0 Å². The molecule has 0 aromatic carbocycles. The zero-order valence-electron chi connectivity index (χ0n) is 5.17. The van der Waals surface area contributed by atoms with Gasteiger partial charge in [0.05, 0.1) is 0 Å². The summed E-state index contributed by atoms with van der Waals surface area (Å²) < 4.78 is 19.5. The Bertz CT molecular complexity index is 87.0. The van der Waals surface area contributed by atoms with E-state index in [0.717, 1.165) is 0 Å². The second kappa shape index (κ2) is 3.98. The molecule has 5 heteroatoms. The zero-order valence-corrected chi connectivity index (χ0v) is 7.99. The molecule has 0 aromatic heterocycles. The minimum atomic E-state index is -2.38. The van der Waals surface area contributed by atoms with Crippen LogP contribution in [0, 0.1) is 0 Å². The summed E-state index contributed by atoms with van der Waals surface area (Å²) in [5, 5.41) is 8.48. The molecule has 0 heterocycles. The number of hydrogen-bond acceptors (Lipinski definition) is 3. The van der Waals surface area contributed by atoms with Crippen LogP contribution < -0.4 is 29.6 Å². The van der Waals surface area contributed by atoms with Gasteiger partial charge in [0.15, 0.2) is 0 Å². The second-order valence-corrected chi connectivity index (χ2v) is 3.15. The van der Waals surface area contributed by atoms with E-state index in [0.29, 0.717) is 0 Å². The summed E-state index contributed by atoms with van der Waals surface area (Å²) in [7, 11) is 0. The molecule has 0 fully saturated rings. The normalized spacial score (nSPS) is 14.5. The maximum Gasteiger partial charge on any atom is 1.00 e. The number of aliphatic hydroxyl groups is 1. The standard InChI is InChI=1S/C3H8O3S.Na/c1-3(2,4)7(5)6;/h4H,1-2H3,(H,5,6);/q;+1/p-1. The maximum atomic E-state index is 9.77. The van der Waals surface area contributed by atoms with Gasteiger partial charge in [-0.3, -0.25) is 4.21 Å². The molecule has 0 aliphatic carbocycles. The summed E-state index contributed by atoms with van der Waals surface area (Å²) in [6.45, 7) is 2.41. The third-order valence-electron chi connectivity index (χ3n) is 0.408. The third-order valence-corrected chi connectivity index (χ3v) is 1.22. The van der Waals surface area contributed by atoms with Crippen LogP contribution in [-0.2, 0) is 11.1 Å². The summed E-state index contributed by atoms with van der Waals surface area (Å²) in [5.41, 5.74) is 0. The van der Waals surface area contributed by atoms with E-state index in [-0.39, 0.29) is 29.6 Å². The largest absolute Gasteiger partial charge is 1.00 e. The summed E-state index contributed by atoms with van der Waals surface area (Å²) >= 11 is -2.38. The quantitative estimate of drug-likeness (QED) is 0.310. The van der Waals surface area contributed by atoms with Crippen molar-refractivity contribution in [3.8, 4) is 0 Å². The fourth-order valence-corrected chi connectivity index (χ4v) is 0. The molecule has 1 unspecified atom stereocenters. The first-order valence-corrected chi connectivity index (χ1v) is 2.84. The molecule has 1 N–H and O–H groups in total. The van der Waals surface area contributed by atoms with Crippen LogP contribution in [0.1, 0.15) is 13.8 Å². The molecule has 0 radical (unpaired) electrons. The molecule has 0 saturated heterocycles. The summed E-state index contributed by atoms with van der Waals surface area (Å²) in [6, 6.07) is 0. The first kappa shape index (κ1) is 11.8. The molecular weight excluding hydrogens is 139 g/mol. The Morgan fingerprint density at radius 1 is 1.62 bits per heavy atom. The van der Waals surface area contributed by atoms with E-state index in [9.17, 15) is 8.76 Å². The predicted octanol–water partition coefficient (Wildman–Crippen LogP) is -3.40. The summed E-state index contributed by atoms with van der Waals surface area (Å²) in [5.74, 6) is 0. The van der Waals surface area contributed by atoms with Crippen molar-refractivity contribution >= 4 is 11.1 Å². The van der Waals surface area contributed by atoms with Crippen LogP contribution in [0.4, 0.5) is 0 Å². The van der Waals surface area contributed by atoms with Crippen LogP contribution in [0.3, 0.4) is 0 Å². The van der Waals surface area contributed by atoms with Crippen LogP contribution in [0.5, 0.6) is 0 Å². The van der Waals surface area contributed by atoms with E-state index in [1.54, 1.807) is 0 Å². The molecule has 3 nitrogen and oxygen atoms in total. The average molecular weight is 146 g/mol. The minimum absolute atomic E-state index is 0. The van der Waals surface area contributed by atoms with Gasteiger partial charge in [-0.1, -0.05) is 0 Å². The fourth-order valence-electron chi connectivity index (χ4n) is 0. The first-order valence-electron chi connectivity index (χ1n) is 1.76. The van der Waals surface area contributed by atoms with Crippen LogP contribution in [-0.4, -0.2) is 18.8 Å². The van der Waals surface area contributed by atoms with Crippen molar-refractivity contribution in [2.45, 2.75) is 18.8 Å². The Labute approximate surface area is 73.1 Å². The van der Waals surface area contributed by atoms with Crippen LogP contribution in [0.2, 0.25) is 0 Å². The third kappa shape index (κ3) is 5.21. The SMILES string of the molecule is CC(C)(O)S(=O)[O-].[Na+]. The Kier molecular flexibility index (Phi) is 5.88. The fraction of sp³-hybridized carbons (Fsp3) is 1.00. The van der Waals surface area contributed by atoms with Gasteiger partial charge >= 0.3 is 29.6 Å². The molecule has 8 heavy (non-hydrogen) atoms. The van der Waals surface area contributed by atoms with Crippen LogP contribution >= 0.6 is 0 Å². The number of hydrogen-bond donors (Lipinski definition) is 1. The number of rotatable bonds is 1. The van der Waals surface area contributed by atoms with E-state index in [1.165, 1.54) is 13.8 Å². The Morgan fingerprint density at radius 2 is 1.75 bits per heavy atom. The molecule has 0 spiro atoms. The molecule has 0 bridgehead atoms. The van der Waals surface area contributed by atoms with Gasteiger partial charge in [-0.2, -0.15) is 0 Å². The van der Waals surface area contributed by atoms with Gasteiger partial charge in [0.2, 0.25) is 0 Å². The monoisotopic (exact) mass is 146 g/mol. The van der Waals surface area contributed by atoms with E-state index >= 15 is 0 Å². The Balaban J connectivity index is 0. The van der Waals surface area contributed by atoms with Gasteiger partial charge in [0.25, 0.3) is 0 Å². The van der Waals surface area contributed by atoms with E-state index in [2.05, 4.69) is 0 Å². The maximum absolute atomic E-state index is 9.77. The topological polar surface area (TPSA) is 60.4 Å². The van der Waals surface area contributed by atoms with Crippen LogP contribution in [0.15, 0.2) is 0 Å². The average Bonchev–Trinajstić information content (AvgIpc) is 1.31. The first-order chi connectivity index (χ1) is 2.94. The predicted molar refractivity (Wildman–Crippen MR) is 25.2 cm³/mol. The molecule has 1 atom stereocenters. The summed E-state index contributed by atoms with van der Waals surface area (Å²) in [4.78, 5) is -1.58. The molecule has 44 valence electrons. The molecule has 0 aliphatic rings. The Hall–Kier alpha value is 1.07. The second-order valence-electron chi connectivity index (χ2n) is 1.68. The molecule has 0 aromatic rings.